The van der Waals surface area contributed by atoms with E-state index in [1.165, 1.54) is 25.9 Å². The minimum Gasteiger partial charge on any atom is -0.444 e. The van der Waals surface area contributed by atoms with Crippen LogP contribution in [0, 0.1) is 5.92 Å². The van der Waals surface area contributed by atoms with Gasteiger partial charge in [0.2, 0.25) is 0 Å². The number of fused-ring (bicyclic) bond motifs is 5. The average Bonchev–Trinajstić information content (AvgIpc) is 2.36. The topological polar surface area (TPSA) is 50.4 Å². The molecule has 1 aromatic carbocycles. The van der Waals surface area contributed by atoms with Gasteiger partial charge in [-0.25, -0.2) is 4.79 Å². The normalized spacial score (nSPS) is 18.8. The van der Waals surface area contributed by atoms with Crippen molar-refractivity contribution in [1.29, 1.82) is 0 Å². The predicted octanol–water partition coefficient (Wildman–Crippen LogP) is 2.75. The van der Waals surface area contributed by atoms with Gasteiger partial charge in [0.25, 0.3) is 0 Å². The fourth-order valence-corrected chi connectivity index (χ4v) is 1.95. The van der Waals surface area contributed by atoms with Crippen molar-refractivity contribution < 1.29 is 9.53 Å². The number of carbonyl (C=O) groups is 1. The Morgan fingerprint density at radius 3 is 2.39 bits per heavy atom. The van der Waals surface area contributed by atoms with Crippen LogP contribution < -0.4 is 10.6 Å². The second-order valence-corrected chi connectivity index (χ2v) is 4.83. The van der Waals surface area contributed by atoms with Crippen molar-refractivity contribution in [2.45, 2.75) is 26.4 Å². The summed E-state index contributed by atoms with van der Waals surface area (Å²) in [6.45, 7) is 5.15. The lowest BCUT2D eigenvalue weighted by atomic mass is 10.0. The monoisotopic (exact) mass is 248 g/mol. The molecule has 0 aromatic heterocycles. The van der Waals surface area contributed by atoms with Gasteiger partial charge in [0, 0.05) is 5.69 Å². The van der Waals surface area contributed by atoms with Gasteiger partial charge in [0.05, 0.1) is 0 Å². The highest BCUT2D eigenvalue weighted by molar-refractivity contribution is 5.85. The summed E-state index contributed by atoms with van der Waals surface area (Å²) >= 11 is 0. The molecule has 2 bridgehead atoms. The van der Waals surface area contributed by atoms with E-state index in [-0.39, 0.29) is 6.09 Å². The van der Waals surface area contributed by atoms with E-state index in [1.54, 1.807) is 0 Å². The Labute approximate surface area is 108 Å². The number of benzene rings is 1. The first kappa shape index (κ1) is 12.9. The zero-order valence-corrected chi connectivity index (χ0v) is 10.7. The van der Waals surface area contributed by atoms with E-state index in [0.717, 1.165) is 17.2 Å². The van der Waals surface area contributed by atoms with Crippen LogP contribution in [-0.4, -0.2) is 19.2 Å². The van der Waals surface area contributed by atoms with E-state index >= 15 is 0 Å². The molecule has 18 heavy (non-hydrogen) atoms. The van der Waals surface area contributed by atoms with Crippen molar-refractivity contribution in [3.05, 3.63) is 29.8 Å². The lowest BCUT2D eigenvalue weighted by molar-refractivity contribution is 0.154. The van der Waals surface area contributed by atoms with Crippen LogP contribution in [0.3, 0.4) is 0 Å². The summed E-state index contributed by atoms with van der Waals surface area (Å²) in [7, 11) is 0. The van der Waals surface area contributed by atoms with Crippen LogP contribution >= 0.6 is 0 Å². The van der Waals surface area contributed by atoms with Gasteiger partial charge < -0.3 is 10.1 Å². The van der Waals surface area contributed by atoms with Crippen LogP contribution in [0.25, 0.3) is 0 Å². The molecule has 0 aliphatic carbocycles. The third kappa shape index (κ3) is 4.04. The quantitative estimate of drug-likeness (QED) is 0.742. The molecule has 4 nitrogen and oxygen atoms in total. The van der Waals surface area contributed by atoms with Crippen LogP contribution in [0.5, 0.6) is 0 Å². The molecular formula is C14H20N2O2. The molecule has 98 valence electrons. The van der Waals surface area contributed by atoms with Gasteiger partial charge in [-0.3, -0.25) is 5.32 Å². The van der Waals surface area contributed by atoms with E-state index in [2.05, 4.69) is 17.6 Å². The molecule has 3 aliphatic heterocycles. The summed E-state index contributed by atoms with van der Waals surface area (Å²) in [5.41, 5.74) is 1.79. The first-order valence-electron chi connectivity index (χ1n) is 6.47. The Hall–Kier alpha value is -1.55. The molecule has 1 amide bonds. The largest absolute Gasteiger partial charge is 0.444 e. The van der Waals surface area contributed by atoms with Gasteiger partial charge in [-0.1, -0.05) is 19.1 Å². The summed E-state index contributed by atoms with van der Waals surface area (Å²) < 4.78 is 4.81. The smallest absolute Gasteiger partial charge is 0.411 e. The summed E-state index contributed by atoms with van der Waals surface area (Å²) in [6.07, 6.45) is 2.37. The first-order valence-corrected chi connectivity index (χ1v) is 6.47. The van der Waals surface area contributed by atoms with E-state index in [0.29, 0.717) is 6.61 Å². The number of piperidine rings is 1. The Balaban J connectivity index is 0.000000149. The van der Waals surface area contributed by atoms with Crippen LogP contribution in [0.15, 0.2) is 24.3 Å². The Morgan fingerprint density at radius 2 is 1.83 bits per heavy atom. The molecule has 0 radical (unpaired) electrons. The Morgan fingerprint density at radius 1 is 1.17 bits per heavy atom. The van der Waals surface area contributed by atoms with Crippen molar-refractivity contribution in [1.82, 2.24) is 5.32 Å². The van der Waals surface area contributed by atoms with Gasteiger partial charge in [0.15, 0.2) is 0 Å². The van der Waals surface area contributed by atoms with Gasteiger partial charge >= 0.3 is 6.09 Å². The second-order valence-electron chi connectivity index (χ2n) is 4.83. The van der Waals surface area contributed by atoms with E-state index < -0.39 is 0 Å². The molecule has 1 fully saturated rings. The minimum absolute atomic E-state index is 0.353. The number of hydrogen-bond acceptors (Lipinski definition) is 3. The Kier molecular flexibility index (Phi) is 4.59. The van der Waals surface area contributed by atoms with Crippen LogP contribution in [-0.2, 0) is 11.3 Å². The van der Waals surface area contributed by atoms with Crippen LogP contribution in [0.4, 0.5) is 10.5 Å². The molecule has 0 saturated carbocycles. The minimum atomic E-state index is -0.383. The standard InChI is InChI=1S/C8H7NO2.C6H13N/c10-8-9-7-3-1-6(2-4-7)5-11-8;1-6-2-4-7-5-3-6/h1-4H,5H2,(H,9,10);6-7H,2-5H2,1H3. The molecule has 2 N–H and O–H groups in total. The fourth-order valence-electron chi connectivity index (χ4n) is 1.95. The molecule has 3 aliphatic rings. The van der Waals surface area contributed by atoms with E-state index in [9.17, 15) is 4.79 Å². The zero-order valence-electron chi connectivity index (χ0n) is 10.7. The molecular weight excluding hydrogens is 228 g/mol. The van der Waals surface area contributed by atoms with E-state index in [1.807, 2.05) is 24.3 Å². The lowest BCUT2D eigenvalue weighted by Gasteiger charge is -2.17. The van der Waals surface area contributed by atoms with Crippen molar-refractivity contribution in [3.8, 4) is 0 Å². The maximum atomic E-state index is 10.8. The number of anilines is 1. The number of nitrogens with one attached hydrogen (secondary N) is 2. The van der Waals surface area contributed by atoms with Crippen LogP contribution in [0.2, 0.25) is 0 Å². The van der Waals surface area contributed by atoms with E-state index in [4.69, 9.17) is 4.74 Å². The number of amides is 1. The van der Waals surface area contributed by atoms with Gasteiger partial charge in [-0.2, -0.15) is 0 Å². The second kappa shape index (κ2) is 6.40. The SMILES string of the molecule is CC1CCNCC1.O=C1Nc2ccc(cc2)CO1. The molecule has 4 heteroatoms. The summed E-state index contributed by atoms with van der Waals surface area (Å²) in [4.78, 5) is 10.8. The maximum absolute atomic E-state index is 10.8. The molecule has 3 heterocycles. The van der Waals surface area contributed by atoms with Crippen LogP contribution in [0.1, 0.15) is 25.3 Å². The van der Waals surface area contributed by atoms with Crippen molar-refractivity contribution in [2.75, 3.05) is 18.4 Å². The molecule has 4 rings (SSSR count). The summed E-state index contributed by atoms with van der Waals surface area (Å²) in [6, 6.07) is 7.56. The number of ether oxygens (including phenoxy) is 1. The Bertz CT molecular complexity index is 383. The third-order valence-corrected chi connectivity index (χ3v) is 3.20. The number of rotatable bonds is 0. The zero-order chi connectivity index (χ0) is 12.8. The summed E-state index contributed by atoms with van der Waals surface area (Å²) in [5, 5.41) is 5.89. The number of carbonyl (C=O) groups excluding carboxylic acids is 1. The van der Waals surface area contributed by atoms with Gasteiger partial charge in [-0.15, -0.1) is 0 Å². The predicted molar refractivity (Wildman–Crippen MR) is 71.5 cm³/mol. The maximum Gasteiger partial charge on any atom is 0.411 e. The van der Waals surface area contributed by atoms with Crippen molar-refractivity contribution in [3.63, 3.8) is 0 Å². The number of hydrogen-bond donors (Lipinski definition) is 2. The molecule has 0 atom stereocenters. The lowest BCUT2D eigenvalue weighted by Crippen LogP contribution is -2.26. The highest BCUT2D eigenvalue weighted by atomic mass is 16.5. The fraction of sp³-hybridized carbons (Fsp3) is 0.500. The van der Waals surface area contributed by atoms with Gasteiger partial charge in [-0.05, 0) is 49.5 Å². The molecule has 0 unspecified atom stereocenters. The third-order valence-electron chi connectivity index (χ3n) is 3.20. The molecule has 1 saturated heterocycles. The molecule has 0 spiro atoms. The first-order chi connectivity index (χ1) is 8.74. The summed E-state index contributed by atoms with van der Waals surface area (Å²) in [5.74, 6) is 0.973. The molecule has 1 aromatic rings. The highest BCUT2D eigenvalue weighted by Gasteiger charge is 2.07. The highest BCUT2D eigenvalue weighted by Crippen LogP contribution is 2.13. The average molecular weight is 248 g/mol. The van der Waals surface area contributed by atoms with Crippen molar-refractivity contribution >= 4 is 11.8 Å². The van der Waals surface area contributed by atoms with Gasteiger partial charge in [0.1, 0.15) is 6.61 Å². The van der Waals surface area contributed by atoms with Crippen molar-refractivity contribution in [2.24, 2.45) is 5.92 Å².